The second-order valence-electron chi connectivity index (χ2n) is 9.21. The number of aryl methyl sites for hydroxylation is 1. The number of pyridine rings is 1. The SMILES string of the molecule is Cc1cc(OC(F)F)cnc1C(=O)Nc1ccc(F)c([C@@]2(C)N=C(N)[C@]3(C)CCC[C@H]2S3(O)O)c1. The molecule has 3 atom stereocenters. The van der Waals surface area contributed by atoms with Crippen molar-refractivity contribution >= 4 is 28.0 Å². The van der Waals surface area contributed by atoms with E-state index in [-0.39, 0.29) is 28.5 Å². The Hall–Kier alpha value is -2.83. The molecule has 0 unspecified atom stereocenters. The smallest absolute Gasteiger partial charge is 0.387 e. The number of amidine groups is 1. The second kappa shape index (κ2) is 8.68. The van der Waals surface area contributed by atoms with E-state index < -0.39 is 44.5 Å². The molecule has 0 spiro atoms. The Morgan fingerprint density at radius 2 is 2.03 bits per heavy atom. The van der Waals surface area contributed by atoms with E-state index in [0.717, 1.165) is 12.3 Å². The molecule has 1 fully saturated rings. The van der Waals surface area contributed by atoms with Crippen LogP contribution in [0.2, 0.25) is 0 Å². The van der Waals surface area contributed by atoms with E-state index in [1.165, 1.54) is 25.1 Å². The number of fused-ring (bicyclic) bond motifs is 2. The summed E-state index contributed by atoms with van der Waals surface area (Å²) in [4.78, 5) is 21.3. The first-order chi connectivity index (χ1) is 16.3. The summed E-state index contributed by atoms with van der Waals surface area (Å²) in [7, 11) is -3.27. The molecule has 1 aromatic carbocycles. The van der Waals surface area contributed by atoms with Crippen molar-refractivity contribution in [2.75, 3.05) is 5.32 Å². The van der Waals surface area contributed by atoms with Gasteiger partial charge in [0.15, 0.2) is 0 Å². The van der Waals surface area contributed by atoms with Crippen LogP contribution in [0.25, 0.3) is 0 Å². The fourth-order valence-corrected chi connectivity index (χ4v) is 7.69. The summed E-state index contributed by atoms with van der Waals surface area (Å²) in [5.41, 5.74) is 5.40. The lowest BCUT2D eigenvalue weighted by molar-refractivity contribution is -0.0501. The third kappa shape index (κ3) is 4.13. The Kier molecular flexibility index (Phi) is 6.27. The van der Waals surface area contributed by atoms with E-state index in [1.807, 2.05) is 0 Å². The van der Waals surface area contributed by atoms with Crippen molar-refractivity contribution in [3.05, 3.63) is 53.1 Å². The molecule has 8 nitrogen and oxygen atoms in total. The van der Waals surface area contributed by atoms with Crippen molar-refractivity contribution < 1.29 is 31.8 Å². The molecule has 1 aromatic heterocycles. The van der Waals surface area contributed by atoms with Gasteiger partial charge in [-0.15, -0.1) is 0 Å². The zero-order valence-corrected chi connectivity index (χ0v) is 20.2. The molecule has 4 rings (SSSR count). The molecule has 2 aliphatic heterocycles. The van der Waals surface area contributed by atoms with Crippen LogP contribution < -0.4 is 15.8 Å². The number of carbonyl (C=O) groups is 1. The van der Waals surface area contributed by atoms with E-state index >= 15 is 4.39 Å². The number of hydrogen-bond donors (Lipinski definition) is 4. The first-order valence-electron chi connectivity index (χ1n) is 10.9. The van der Waals surface area contributed by atoms with Gasteiger partial charge in [0, 0.05) is 11.3 Å². The number of ether oxygens (including phenoxy) is 1. The molecule has 35 heavy (non-hydrogen) atoms. The summed E-state index contributed by atoms with van der Waals surface area (Å²) in [5.74, 6) is -1.39. The number of hydrogen-bond acceptors (Lipinski definition) is 7. The summed E-state index contributed by atoms with van der Waals surface area (Å²) in [5, 5.41) is 1.87. The highest BCUT2D eigenvalue weighted by Gasteiger charge is 2.60. The number of rotatable bonds is 5. The molecular formula is C23H27F3N4O4S. The molecule has 1 amide bonds. The maximum absolute atomic E-state index is 15.1. The first-order valence-corrected chi connectivity index (χ1v) is 12.6. The fraction of sp³-hybridized carbons (Fsp3) is 0.435. The molecule has 5 N–H and O–H groups in total. The zero-order chi connectivity index (χ0) is 25.8. The summed E-state index contributed by atoms with van der Waals surface area (Å²) < 4.78 is 65.5. The number of alkyl halides is 2. The summed E-state index contributed by atoms with van der Waals surface area (Å²) in [6.07, 6.45) is 2.59. The number of nitrogens with two attached hydrogens (primary N) is 1. The number of halogens is 3. The molecule has 3 heterocycles. The largest absolute Gasteiger partial charge is 0.433 e. The van der Waals surface area contributed by atoms with Gasteiger partial charge < -0.3 is 15.8 Å². The monoisotopic (exact) mass is 512 g/mol. The average Bonchev–Trinajstić information content (AvgIpc) is 2.75. The molecule has 1 saturated heterocycles. The number of anilines is 1. The Bertz CT molecular complexity index is 1210. The van der Waals surface area contributed by atoms with E-state index in [2.05, 4.69) is 20.0 Å². The van der Waals surface area contributed by atoms with E-state index in [1.54, 1.807) is 13.8 Å². The Labute approximate surface area is 202 Å². The van der Waals surface area contributed by atoms with Crippen molar-refractivity contribution in [2.24, 2.45) is 10.7 Å². The molecule has 190 valence electrons. The lowest BCUT2D eigenvalue weighted by atomic mass is 9.82. The zero-order valence-electron chi connectivity index (χ0n) is 19.4. The van der Waals surface area contributed by atoms with E-state index in [0.29, 0.717) is 24.8 Å². The quantitative estimate of drug-likeness (QED) is 0.445. The van der Waals surface area contributed by atoms with Gasteiger partial charge in [0.2, 0.25) is 0 Å². The predicted octanol–water partition coefficient (Wildman–Crippen LogP) is 5.03. The van der Waals surface area contributed by atoms with Gasteiger partial charge >= 0.3 is 6.61 Å². The number of aromatic nitrogens is 1. The highest BCUT2D eigenvalue weighted by Crippen LogP contribution is 2.69. The molecule has 2 aliphatic rings. The van der Waals surface area contributed by atoms with Gasteiger partial charge in [0.25, 0.3) is 5.91 Å². The third-order valence-electron chi connectivity index (χ3n) is 6.96. The van der Waals surface area contributed by atoms with Crippen LogP contribution in [0.1, 0.15) is 54.7 Å². The van der Waals surface area contributed by atoms with Crippen LogP contribution in [0.5, 0.6) is 5.75 Å². The summed E-state index contributed by atoms with van der Waals surface area (Å²) in [6, 6.07) is 5.16. The van der Waals surface area contributed by atoms with Crippen LogP contribution >= 0.6 is 10.6 Å². The third-order valence-corrected chi connectivity index (χ3v) is 10.2. The molecule has 0 radical (unpaired) electrons. The van der Waals surface area contributed by atoms with E-state index in [9.17, 15) is 22.7 Å². The van der Waals surface area contributed by atoms with Crippen LogP contribution in [0.4, 0.5) is 18.9 Å². The molecule has 0 saturated carbocycles. The van der Waals surface area contributed by atoms with Crippen molar-refractivity contribution in [2.45, 2.75) is 62.2 Å². The maximum atomic E-state index is 15.1. The van der Waals surface area contributed by atoms with Crippen molar-refractivity contribution in [3.63, 3.8) is 0 Å². The van der Waals surface area contributed by atoms with Gasteiger partial charge in [-0.25, -0.2) is 9.37 Å². The fourth-order valence-electron chi connectivity index (χ4n) is 4.95. The van der Waals surface area contributed by atoms with Gasteiger partial charge in [-0.1, -0.05) is 0 Å². The topological polar surface area (TPSA) is 130 Å². The molecular weight excluding hydrogens is 485 g/mol. The molecule has 2 aromatic rings. The summed E-state index contributed by atoms with van der Waals surface area (Å²) >= 11 is 0. The number of aliphatic imine (C=N–C) groups is 1. The number of carbonyl (C=O) groups excluding carboxylic acids is 1. The van der Waals surface area contributed by atoms with Crippen molar-refractivity contribution in [3.8, 4) is 5.75 Å². The van der Waals surface area contributed by atoms with Crippen LogP contribution in [0, 0.1) is 12.7 Å². The number of benzene rings is 1. The van der Waals surface area contributed by atoms with Crippen LogP contribution in [0.3, 0.4) is 0 Å². The van der Waals surface area contributed by atoms with Crippen LogP contribution in [-0.2, 0) is 5.54 Å². The van der Waals surface area contributed by atoms with Gasteiger partial charge in [0.1, 0.15) is 33.4 Å². The normalized spacial score (nSPS) is 28.3. The lowest BCUT2D eigenvalue weighted by Gasteiger charge is -2.62. The Morgan fingerprint density at radius 3 is 2.69 bits per heavy atom. The van der Waals surface area contributed by atoms with Gasteiger partial charge in [-0.05, 0) is 69.9 Å². The molecule has 2 bridgehead atoms. The Morgan fingerprint density at radius 1 is 1.31 bits per heavy atom. The first kappa shape index (κ1) is 25.3. The standard InChI is InChI=1S/C23H27F3N4O4S/c1-12-9-14(34-21(25)26)11-28-18(12)19(31)29-13-6-7-16(24)15(10-13)23(3)17-5-4-8-22(2,20(27)30-23)35(17,32)33/h6-7,9-11,17,21,32-33H,4-5,8H2,1-3H3,(H2,27,30)(H,29,31)/t17-,22+,23-/m1/s1. The average molecular weight is 513 g/mol. The predicted molar refractivity (Wildman–Crippen MR) is 128 cm³/mol. The van der Waals surface area contributed by atoms with Gasteiger partial charge in [0.05, 0.1) is 11.4 Å². The van der Waals surface area contributed by atoms with E-state index in [4.69, 9.17) is 5.73 Å². The number of amides is 1. The maximum Gasteiger partial charge on any atom is 0.387 e. The minimum absolute atomic E-state index is 0.0270. The molecule has 12 heteroatoms. The van der Waals surface area contributed by atoms with Crippen LogP contribution in [-0.4, -0.2) is 42.4 Å². The van der Waals surface area contributed by atoms with Crippen molar-refractivity contribution in [1.82, 2.24) is 4.98 Å². The number of nitrogens with one attached hydrogen (secondary N) is 1. The highest BCUT2D eigenvalue weighted by atomic mass is 32.3. The minimum atomic E-state index is -3.27. The second-order valence-corrected chi connectivity index (χ2v) is 11.9. The lowest BCUT2D eigenvalue weighted by Crippen LogP contribution is -2.60. The van der Waals surface area contributed by atoms with Gasteiger partial charge in [-0.3, -0.25) is 18.9 Å². The number of nitrogens with zero attached hydrogens (tertiary/aromatic N) is 2. The summed E-state index contributed by atoms with van der Waals surface area (Å²) in [6.45, 7) is 1.78. The highest BCUT2D eigenvalue weighted by molar-refractivity contribution is 8.26. The molecule has 0 aliphatic carbocycles. The minimum Gasteiger partial charge on any atom is -0.433 e. The Balaban J connectivity index is 1.67. The van der Waals surface area contributed by atoms with Crippen LogP contribution in [0.15, 0.2) is 35.5 Å². The van der Waals surface area contributed by atoms with Gasteiger partial charge in [-0.2, -0.15) is 19.4 Å². The van der Waals surface area contributed by atoms with Crippen molar-refractivity contribution in [1.29, 1.82) is 0 Å².